The molecular weight excluding hydrogens is 368 g/mol. The molecule has 152 valence electrons. The zero-order valence-electron chi connectivity index (χ0n) is 17.1. The smallest absolute Gasteiger partial charge is 0.253 e. The van der Waals surface area contributed by atoms with Gasteiger partial charge in [-0.15, -0.1) is 0 Å². The first-order chi connectivity index (χ1) is 14.0. The van der Waals surface area contributed by atoms with E-state index in [0.717, 1.165) is 16.9 Å². The second-order valence-corrected chi connectivity index (χ2v) is 6.92. The van der Waals surface area contributed by atoms with Crippen molar-refractivity contribution in [3.8, 4) is 11.5 Å². The number of aryl methyl sites for hydroxylation is 1. The van der Waals surface area contributed by atoms with E-state index in [4.69, 9.17) is 9.47 Å². The number of carbonyl (C=O) groups excluding carboxylic acids is 2. The van der Waals surface area contributed by atoms with Gasteiger partial charge in [-0.1, -0.05) is 11.6 Å². The summed E-state index contributed by atoms with van der Waals surface area (Å²) in [6.07, 6.45) is 3.35. The number of benzene rings is 2. The summed E-state index contributed by atoms with van der Waals surface area (Å²) in [5.74, 6) is 1.36. The summed E-state index contributed by atoms with van der Waals surface area (Å²) in [5.41, 5.74) is 2.59. The normalized spacial score (nSPS) is 14.2. The highest BCUT2D eigenvalue weighted by Crippen LogP contribution is 2.21. The number of piperazine rings is 1. The fourth-order valence-corrected chi connectivity index (χ4v) is 3.30. The molecule has 0 spiro atoms. The van der Waals surface area contributed by atoms with E-state index in [1.165, 1.54) is 0 Å². The number of ether oxygens (including phenoxy) is 2. The standard InChI is InChI=1S/C23H26N2O4/c1-17-4-10-21(29-3)19(16-17)7-11-22(26)24-12-14-25(15-13-24)23(27)18-5-8-20(28-2)9-6-18/h4-11,16H,12-15H2,1-3H3/b11-7+. The molecule has 1 aliphatic rings. The maximum Gasteiger partial charge on any atom is 0.253 e. The van der Waals surface area contributed by atoms with Gasteiger partial charge in [0.25, 0.3) is 5.91 Å². The Balaban J connectivity index is 1.58. The Morgan fingerprint density at radius 3 is 2.17 bits per heavy atom. The lowest BCUT2D eigenvalue weighted by Gasteiger charge is -2.34. The number of hydrogen-bond acceptors (Lipinski definition) is 4. The van der Waals surface area contributed by atoms with E-state index in [1.807, 2.05) is 25.1 Å². The Hall–Kier alpha value is -3.28. The van der Waals surface area contributed by atoms with Gasteiger partial charge < -0.3 is 19.3 Å². The van der Waals surface area contributed by atoms with Gasteiger partial charge in [0.1, 0.15) is 11.5 Å². The molecule has 0 unspecified atom stereocenters. The van der Waals surface area contributed by atoms with Crippen molar-refractivity contribution in [2.45, 2.75) is 6.92 Å². The first kappa shape index (κ1) is 20.5. The molecule has 0 saturated carbocycles. The number of methoxy groups -OCH3 is 2. The van der Waals surface area contributed by atoms with Crippen molar-refractivity contribution in [2.75, 3.05) is 40.4 Å². The number of carbonyl (C=O) groups is 2. The Labute approximate surface area is 171 Å². The summed E-state index contributed by atoms with van der Waals surface area (Å²) >= 11 is 0. The van der Waals surface area contributed by atoms with Crippen molar-refractivity contribution >= 4 is 17.9 Å². The second kappa shape index (κ2) is 9.28. The number of nitrogens with zero attached hydrogens (tertiary/aromatic N) is 2. The molecular formula is C23H26N2O4. The lowest BCUT2D eigenvalue weighted by atomic mass is 10.1. The third-order valence-corrected chi connectivity index (χ3v) is 5.01. The maximum absolute atomic E-state index is 12.6. The van der Waals surface area contributed by atoms with Gasteiger partial charge in [-0.3, -0.25) is 9.59 Å². The monoisotopic (exact) mass is 394 g/mol. The third-order valence-electron chi connectivity index (χ3n) is 5.01. The van der Waals surface area contributed by atoms with Crippen molar-refractivity contribution < 1.29 is 19.1 Å². The van der Waals surface area contributed by atoms with Crippen LogP contribution >= 0.6 is 0 Å². The maximum atomic E-state index is 12.6. The molecule has 0 aliphatic carbocycles. The van der Waals surface area contributed by atoms with E-state index >= 15 is 0 Å². The predicted octanol–water partition coefficient (Wildman–Crippen LogP) is 3.01. The Bertz CT molecular complexity index is 898. The molecule has 0 atom stereocenters. The van der Waals surface area contributed by atoms with Crippen molar-refractivity contribution in [3.63, 3.8) is 0 Å². The molecule has 2 amide bonds. The van der Waals surface area contributed by atoms with E-state index in [9.17, 15) is 9.59 Å². The number of hydrogen-bond donors (Lipinski definition) is 0. The van der Waals surface area contributed by atoms with Crippen LogP contribution < -0.4 is 9.47 Å². The Morgan fingerprint density at radius 2 is 1.55 bits per heavy atom. The zero-order chi connectivity index (χ0) is 20.8. The molecule has 2 aromatic carbocycles. The summed E-state index contributed by atoms with van der Waals surface area (Å²) in [5, 5.41) is 0. The van der Waals surface area contributed by atoms with Crippen LogP contribution in [0.15, 0.2) is 48.5 Å². The van der Waals surface area contributed by atoms with Crippen LogP contribution in [0.2, 0.25) is 0 Å². The van der Waals surface area contributed by atoms with Crippen LogP contribution in [0.25, 0.3) is 6.08 Å². The summed E-state index contributed by atoms with van der Waals surface area (Å²) in [4.78, 5) is 28.7. The average molecular weight is 394 g/mol. The van der Waals surface area contributed by atoms with Crippen LogP contribution in [0.1, 0.15) is 21.5 Å². The van der Waals surface area contributed by atoms with E-state index in [0.29, 0.717) is 37.5 Å². The van der Waals surface area contributed by atoms with E-state index in [-0.39, 0.29) is 11.8 Å². The molecule has 3 rings (SSSR count). The van der Waals surface area contributed by atoms with Crippen LogP contribution in [-0.4, -0.2) is 62.0 Å². The van der Waals surface area contributed by atoms with Gasteiger partial charge in [0.2, 0.25) is 5.91 Å². The zero-order valence-corrected chi connectivity index (χ0v) is 17.1. The molecule has 0 aromatic heterocycles. The summed E-state index contributed by atoms with van der Waals surface area (Å²) in [6, 6.07) is 12.9. The minimum Gasteiger partial charge on any atom is -0.497 e. The van der Waals surface area contributed by atoms with Crippen molar-refractivity contribution in [1.29, 1.82) is 0 Å². The fourth-order valence-electron chi connectivity index (χ4n) is 3.30. The molecule has 29 heavy (non-hydrogen) atoms. The largest absolute Gasteiger partial charge is 0.497 e. The summed E-state index contributed by atoms with van der Waals surface area (Å²) in [6.45, 7) is 4.04. The topological polar surface area (TPSA) is 59.1 Å². The lowest BCUT2D eigenvalue weighted by Crippen LogP contribution is -2.50. The van der Waals surface area contributed by atoms with Crippen LogP contribution in [0, 0.1) is 6.92 Å². The van der Waals surface area contributed by atoms with Gasteiger partial charge in [-0.25, -0.2) is 0 Å². The van der Waals surface area contributed by atoms with Crippen LogP contribution in [-0.2, 0) is 4.79 Å². The van der Waals surface area contributed by atoms with Gasteiger partial charge in [0, 0.05) is 43.4 Å². The quantitative estimate of drug-likeness (QED) is 0.732. The van der Waals surface area contributed by atoms with Crippen LogP contribution in [0.4, 0.5) is 0 Å². The number of amides is 2. The highest BCUT2D eigenvalue weighted by Gasteiger charge is 2.24. The molecule has 2 aromatic rings. The lowest BCUT2D eigenvalue weighted by molar-refractivity contribution is -0.127. The molecule has 1 fully saturated rings. The van der Waals surface area contributed by atoms with Crippen LogP contribution in [0.5, 0.6) is 11.5 Å². The number of rotatable bonds is 5. The van der Waals surface area contributed by atoms with Gasteiger partial charge in [-0.05, 0) is 49.4 Å². The van der Waals surface area contributed by atoms with Crippen molar-refractivity contribution in [2.24, 2.45) is 0 Å². The molecule has 0 bridgehead atoms. The third kappa shape index (κ3) is 4.96. The second-order valence-electron chi connectivity index (χ2n) is 6.92. The van der Waals surface area contributed by atoms with Gasteiger partial charge in [-0.2, -0.15) is 0 Å². The fraction of sp³-hybridized carbons (Fsp3) is 0.304. The Kier molecular flexibility index (Phi) is 6.54. The summed E-state index contributed by atoms with van der Waals surface area (Å²) < 4.78 is 10.5. The minimum atomic E-state index is -0.0647. The van der Waals surface area contributed by atoms with Crippen LogP contribution in [0.3, 0.4) is 0 Å². The van der Waals surface area contributed by atoms with E-state index in [1.54, 1.807) is 60.4 Å². The predicted molar refractivity (Wildman–Crippen MR) is 112 cm³/mol. The first-order valence-electron chi connectivity index (χ1n) is 9.57. The minimum absolute atomic E-state index is 0.0280. The van der Waals surface area contributed by atoms with E-state index < -0.39 is 0 Å². The van der Waals surface area contributed by atoms with E-state index in [2.05, 4.69) is 0 Å². The molecule has 6 nitrogen and oxygen atoms in total. The highest BCUT2D eigenvalue weighted by molar-refractivity contribution is 5.95. The Morgan fingerprint density at radius 1 is 0.897 bits per heavy atom. The van der Waals surface area contributed by atoms with Gasteiger partial charge in [0.05, 0.1) is 14.2 Å². The molecule has 0 radical (unpaired) electrons. The highest BCUT2D eigenvalue weighted by atomic mass is 16.5. The average Bonchev–Trinajstić information content (AvgIpc) is 2.77. The molecule has 1 saturated heterocycles. The molecule has 0 N–H and O–H groups in total. The van der Waals surface area contributed by atoms with Gasteiger partial charge in [0.15, 0.2) is 0 Å². The van der Waals surface area contributed by atoms with Crippen molar-refractivity contribution in [1.82, 2.24) is 9.80 Å². The molecule has 1 heterocycles. The van der Waals surface area contributed by atoms with Crippen molar-refractivity contribution in [3.05, 3.63) is 65.2 Å². The first-order valence-corrected chi connectivity index (χ1v) is 9.57. The SMILES string of the molecule is COc1ccc(C(=O)N2CCN(C(=O)/C=C/c3cc(C)ccc3OC)CC2)cc1. The molecule has 1 aliphatic heterocycles. The molecule has 6 heteroatoms. The van der Waals surface area contributed by atoms with Gasteiger partial charge >= 0.3 is 0 Å². The summed E-state index contributed by atoms with van der Waals surface area (Å²) in [7, 11) is 3.21.